The smallest absolute Gasteiger partial charge is 0.307 e. The van der Waals surface area contributed by atoms with E-state index in [2.05, 4.69) is 34.9 Å². The molecule has 2 fully saturated rings. The first-order valence-electron chi connectivity index (χ1n) is 11.3. The van der Waals surface area contributed by atoms with Crippen LogP contribution >= 0.6 is 11.9 Å². The first-order chi connectivity index (χ1) is 13.6. The molecule has 0 radical (unpaired) electrons. The van der Waals surface area contributed by atoms with E-state index in [1.165, 1.54) is 73.6 Å². The number of amides is 2. The lowest BCUT2D eigenvalue weighted by Crippen LogP contribution is -2.48. The number of aryl methyl sites for hydroxylation is 2. The fraction of sp³-hybridized carbons (Fsp3) is 0.696. The number of nitrogens with zero attached hydrogens (tertiary/aromatic N) is 1. The number of hydrogen-bond acceptors (Lipinski definition) is 3. The largest absolute Gasteiger partial charge is 0.329 e. The third kappa shape index (κ3) is 3.35. The Bertz CT molecular complexity index is 731. The van der Waals surface area contributed by atoms with E-state index in [0.29, 0.717) is 23.4 Å². The molecule has 2 bridgehead atoms. The van der Waals surface area contributed by atoms with Gasteiger partial charge in [-0.3, -0.25) is 9.62 Å². The zero-order valence-corrected chi connectivity index (χ0v) is 18.0. The number of hydrogen-bond donors (Lipinski definition) is 2. The summed E-state index contributed by atoms with van der Waals surface area (Å²) in [6, 6.07) is 4.45. The number of fused-ring (bicyclic) bond motifs is 4. The van der Waals surface area contributed by atoms with Crippen LogP contribution in [0.1, 0.15) is 74.6 Å². The Hall–Kier alpha value is -1.20. The van der Waals surface area contributed by atoms with Gasteiger partial charge in [-0.05, 0) is 112 Å². The molecule has 4 nitrogen and oxygen atoms in total. The molecule has 1 aromatic rings. The molecule has 4 aliphatic rings. The average Bonchev–Trinajstić information content (AvgIpc) is 3.38. The van der Waals surface area contributed by atoms with E-state index >= 15 is 0 Å². The lowest BCUT2D eigenvalue weighted by molar-refractivity contribution is 0.107. The number of piperidine rings is 1. The normalized spacial score (nSPS) is 28.5. The monoisotopic (exact) mass is 399 g/mol. The van der Waals surface area contributed by atoms with Gasteiger partial charge in [-0.1, -0.05) is 6.07 Å². The van der Waals surface area contributed by atoms with E-state index in [1.54, 1.807) is 11.9 Å². The van der Waals surface area contributed by atoms with Gasteiger partial charge in [0.05, 0.1) is 0 Å². The number of anilines is 1. The molecule has 2 unspecified atom stereocenters. The molecule has 2 saturated heterocycles. The zero-order valence-electron chi connectivity index (χ0n) is 17.2. The second kappa shape index (κ2) is 7.56. The molecule has 0 saturated carbocycles. The van der Waals surface area contributed by atoms with Crippen molar-refractivity contribution in [3.05, 3.63) is 28.3 Å². The van der Waals surface area contributed by atoms with Crippen molar-refractivity contribution in [1.29, 1.82) is 0 Å². The summed E-state index contributed by atoms with van der Waals surface area (Å²) in [5, 5.41) is 3.81. The molecule has 2 heterocycles. The van der Waals surface area contributed by atoms with Gasteiger partial charge in [0, 0.05) is 29.1 Å². The minimum Gasteiger partial charge on any atom is -0.307 e. The van der Waals surface area contributed by atoms with E-state index < -0.39 is 0 Å². The predicted octanol–water partition coefficient (Wildman–Crippen LogP) is 4.84. The maximum absolute atomic E-state index is 12.8. The van der Waals surface area contributed by atoms with Gasteiger partial charge in [0.1, 0.15) is 0 Å². The van der Waals surface area contributed by atoms with Crippen molar-refractivity contribution in [3.8, 4) is 0 Å². The van der Waals surface area contributed by atoms with Crippen LogP contribution in [-0.4, -0.2) is 34.3 Å². The third-order valence-corrected chi connectivity index (χ3v) is 8.39. The fourth-order valence-electron chi connectivity index (χ4n) is 6.35. The van der Waals surface area contributed by atoms with Crippen LogP contribution in [0.4, 0.5) is 10.5 Å². The lowest BCUT2D eigenvalue weighted by Gasteiger charge is -2.41. The Labute approximate surface area is 173 Å². The van der Waals surface area contributed by atoms with Gasteiger partial charge in [-0.15, -0.1) is 0 Å². The molecule has 3 atom stereocenters. The lowest BCUT2D eigenvalue weighted by atomic mass is 9.99. The third-order valence-electron chi connectivity index (χ3n) is 7.37. The molecule has 1 aromatic carbocycles. The molecular formula is C23H33N3OS. The van der Waals surface area contributed by atoms with E-state index in [1.807, 2.05) is 0 Å². The van der Waals surface area contributed by atoms with Crippen LogP contribution in [0.3, 0.4) is 0 Å². The molecule has 2 amide bonds. The first-order valence-corrected chi connectivity index (χ1v) is 12.1. The number of carbonyl (C=O) groups excluding carboxylic acids is 1. The molecule has 5 heteroatoms. The van der Waals surface area contributed by atoms with E-state index in [9.17, 15) is 4.79 Å². The van der Waals surface area contributed by atoms with Gasteiger partial charge in [0.2, 0.25) is 0 Å². The van der Waals surface area contributed by atoms with Crippen molar-refractivity contribution in [1.82, 2.24) is 9.62 Å². The van der Waals surface area contributed by atoms with Crippen LogP contribution in [0.2, 0.25) is 0 Å². The van der Waals surface area contributed by atoms with Crippen molar-refractivity contribution >= 4 is 23.7 Å². The number of carbonyl (C=O) groups is 1. The zero-order chi connectivity index (χ0) is 19.3. The van der Waals surface area contributed by atoms with Crippen LogP contribution < -0.4 is 10.0 Å². The van der Waals surface area contributed by atoms with Crippen molar-refractivity contribution in [3.63, 3.8) is 0 Å². The summed E-state index contributed by atoms with van der Waals surface area (Å²) >= 11 is 1.66. The first kappa shape index (κ1) is 18.8. The highest BCUT2D eigenvalue weighted by Crippen LogP contribution is 2.41. The second-order valence-corrected chi connectivity index (χ2v) is 10.5. The van der Waals surface area contributed by atoms with E-state index in [0.717, 1.165) is 18.5 Å². The van der Waals surface area contributed by atoms with E-state index in [4.69, 9.17) is 0 Å². The standard InChI is InChI=1S/C23H33N3OS/c1-14(2)26-17-9-10-18(26)13-19(12-17)28-25-23(27)24-22-20-7-3-5-15(20)11-16-6-4-8-21(16)22/h11,14,17-19H,3-10,12-13H2,1-2H3,(H2,24,25,27)/t17-,18?,19?/m1/s1. The number of benzene rings is 1. The molecule has 2 N–H and O–H groups in total. The minimum atomic E-state index is -0.0296. The summed E-state index contributed by atoms with van der Waals surface area (Å²) in [4.78, 5) is 15.5. The summed E-state index contributed by atoms with van der Waals surface area (Å²) in [5.41, 5.74) is 6.91. The quantitative estimate of drug-likeness (QED) is 0.712. The van der Waals surface area contributed by atoms with Gasteiger partial charge in [0.25, 0.3) is 0 Å². The van der Waals surface area contributed by atoms with Crippen molar-refractivity contribution in [2.24, 2.45) is 0 Å². The molecule has 0 spiro atoms. The SMILES string of the molecule is CC(C)N1C2CC[C@@H]1CC(SNC(=O)Nc1c3c(cc4c1CCC4)CCC3)C2. The fourth-order valence-corrected chi connectivity index (χ4v) is 7.31. The summed E-state index contributed by atoms with van der Waals surface area (Å²) in [6.45, 7) is 4.64. The highest BCUT2D eigenvalue weighted by molar-refractivity contribution is 7.98. The molecule has 5 rings (SSSR count). The maximum Gasteiger partial charge on any atom is 0.329 e. The Morgan fingerprint density at radius 1 is 1.04 bits per heavy atom. The maximum atomic E-state index is 12.8. The molecule has 0 aromatic heterocycles. The van der Waals surface area contributed by atoms with Gasteiger partial charge in [0.15, 0.2) is 0 Å². The highest BCUT2D eigenvalue weighted by atomic mass is 32.2. The Morgan fingerprint density at radius 2 is 1.64 bits per heavy atom. The van der Waals surface area contributed by atoms with Crippen molar-refractivity contribution in [2.75, 3.05) is 5.32 Å². The van der Waals surface area contributed by atoms with E-state index in [-0.39, 0.29) is 6.03 Å². The molecule has 28 heavy (non-hydrogen) atoms. The van der Waals surface area contributed by atoms with Gasteiger partial charge >= 0.3 is 6.03 Å². The van der Waals surface area contributed by atoms with Gasteiger partial charge < -0.3 is 5.32 Å². The summed E-state index contributed by atoms with van der Waals surface area (Å²) in [6.07, 6.45) is 12.1. The van der Waals surface area contributed by atoms with Crippen molar-refractivity contribution in [2.45, 2.75) is 101 Å². The second-order valence-electron chi connectivity index (χ2n) is 9.43. The number of rotatable bonds is 4. The average molecular weight is 400 g/mol. The van der Waals surface area contributed by atoms with Gasteiger partial charge in [-0.2, -0.15) is 0 Å². The Kier molecular flexibility index (Phi) is 5.08. The number of nitrogens with one attached hydrogen (secondary N) is 2. The van der Waals surface area contributed by atoms with Crippen LogP contribution in [0.25, 0.3) is 0 Å². The molecule has 2 aliphatic carbocycles. The number of urea groups is 1. The van der Waals surface area contributed by atoms with Crippen LogP contribution in [-0.2, 0) is 25.7 Å². The topological polar surface area (TPSA) is 44.4 Å². The van der Waals surface area contributed by atoms with Crippen LogP contribution in [0, 0.1) is 0 Å². The summed E-state index contributed by atoms with van der Waals surface area (Å²) in [7, 11) is 0. The van der Waals surface area contributed by atoms with Crippen LogP contribution in [0.5, 0.6) is 0 Å². The predicted molar refractivity (Wildman–Crippen MR) is 117 cm³/mol. The molecule has 152 valence electrons. The molecular weight excluding hydrogens is 366 g/mol. The summed E-state index contributed by atoms with van der Waals surface area (Å²) < 4.78 is 3.14. The Morgan fingerprint density at radius 3 is 2.21 bits per heavy atom. The van der Waals surface area contributed by atoms with Gasteiger partial charge in [-0.25, -0.2) is 4.79 Å². The summed E-state index contributed by atoms with van der Waals surface area (Å²) in [5.74, 6) is 0. The highest BCUT2D eigenvalue weighted by Gasteiger charge is 2.42. The minimum absolute atomic E-state index is 0.0296. The van der Waals surface area contributed by atoms with Crippen molar-refractivity contribution < 1.29 is 4.79 Å². The molecule has 2 aliphatic heterocycles. The van der Waals surface area contributed by atoms with Crippen LogP contribution in [0.15, 0.2) is 6.07 Å². The Balaban J connectivity index is 1.22.